The van der Waals surface area contributed by atoms with Crippen molar-refractivity contribution in [2.24, 2.45) is 0 Å². The van der Waals surface area contributed by atoms with Crippen molar-refractivity contribution in [2.75, 3.05) is 13.1 Å². The molecule has 3 aromatic heterocycles. The summed E-state index contributed by atoms with van der Waals surface area (Å²) in [7, 11) is 0. The summed E-state index contributed by atoms with van der Waals surface area (Å²) < 4.78 is 11.1. The topological polar surface area (TPSA) is 68.5 Å². The molecule has 1 saturated heterocycles. The van der Waals surface area contributed by atoms with Gasteiger partial charge in [0, 0.05) is 31.3 Å². The zero-order valence-electron chi connectivity index (χ0n) is 12.8. The van der Waals surface area contributed by atoms with Gasteiger partial charge < -0.3 is 14.2 Å². The number of aromatic nitrogens is 2. The summed E-state index contributed by atoms with van der Waals surface area (Å²) in [5, 5.41) is 5.87. The molecule has 0 aliphatic carbocycles. The van der Waals surface area contributed by atoms with Crippen LogP contribution < -0.4 is 4.74 Å². The molecule has 1 fully saturated rings. The molecule has 24 heavy (non-hydrogen) atoms. The molecule has 1 aliphatic rings. The highest BCUT2D eigenvalue weighted by atomic mass is 32.1. The fraction of sp³-hybridized carbons (Fsp3) is 0.235. The van der Waals surface area contributed by atoms with Crippen LogP contribution in [0.3, 0.4) is 0 Å². The van der Waals surface area contributed by atoms with Crippen molar-refractivity contribution in [3.05, 3.63) is 53.7 Å². The molecule has 7 heteroatoms. The van der Waals surface area contributed by atoms with Gasteiger partial charge in [-0.3, -0.25) is 4.79 Å². The molecule has 0 radical (unpaired) electrons. The van der Waals surface area contributed by atoms with E-state index >= 15 is 0 Å². The van der Waals surface area contributed by atoms with Gasteiger partial charge in [0.2, 0.25) is 5.88 Å². The van der Waals surface area contributed by atoms with Gasteiger partial charge >= 0.3 is 0 Å². The van der Waals surface area contributed by atoms with E-state index in [2.05, 4.69) is 10.1 Å². The van der Waals surface area contributed by atoms with Crippen molar-refractivity contribution in [3.63, 3.8) is 0 Å². The third-order valence-electron chi connectivity index (χ3n) is 3.85. The number of likely N-dealkylation sites (tertiary alicyclic amines) is 1. The molecule has 122 valence electrons. The molecule has 0 unspecified atom stereocenters. The molecular weight excluding hydrogens is 326 g/mol. The first-order valence-corrected chi connectivity index (χ1v) is 8.55. The van der Waals surface area contributed by atoms with Crippen LogP contribution in [0.25, 0.3) is 10.6 Å². The Balaban J connectivity index is 1.41. The number of hydrogen-bond donors (Lipinski definition) is 0. The minimum absolute atomic E-state index is 0.0486. The van der Waals surface area contributed by atoms with Crippen LogP contribution in [0.15, 0.2) is 52.5 Å². The maximum atomic E-state index is 12.6. The number of amides is 1. The largest absolute Gasteiger partial charge is 0.472 e. The predicted octanol–water partition coefficient (Wildman–Crippen LogP) is 3.09. The first kappa shape index (κ1) is 14.9. The maximum Gasteiger partial charge on any atom is 0.276 e. The second-order valence-electron chi connectivity index (χ2n) is 5.50. The van der Waals surface area contributed by atoms with E-state index in [1.165, 1.54) is 0 Å². The van der Waals surface area contributed by atoms with E-state index < -0.39 is 0 Å². The SMILES string of the molecule is O=C(c1cc(-c2cccs2)on1)N1CC[C@@H](Oc2ccccn2)C1. The normalized spacial score (nSPS) is 17.2. The lowest BCUT2D eigenvalue weighted by Gasteiger charge is -2.15. The number of carbonyl (C=O) groups excluding carboxylic acids is 1. The Morgan fingerprint density at radius 1 is 1.33 bits per heavy atom. The summed E-state index contributed by atoms with van der Waals surface area (Å²) in [4.78, 5) is 19.4. The molecule has 6 nitrogen and oxygen atoms in total. The van der Waals surface area contributed by atoms with Crippen molar-refractivity contribution in [3.8, 4) is 16.5 Å². The highest BCUT2D eigenvalue weighted by Gasteiger charge is 2.30. The van der Waals surface area contributed by atoms with Crippen LogP contribution in [0.4, 0.5) is 0 Å². The molecular formula is C17H15N3O3S. The van der Waals surface area contributed by atoms with E-state index in [9.17, 15) is 4.79 Å². The summed E-state index contributed by atoms with van der Waals surface area (Å²) in [6, 6.07) is 11.1. The average Bonchev–Trinajstić information content (AvgIpc) is 3.36. The second kappa shape index (κ2) is 6.45. The van der Waals surface area contributed by atoms with Crippen molar-refractivity contribution in [2.45, 2.75) is 12.5 Å². The van der Waals surface area contributed by atoms with Gasteiger partial charge in [-0.25, -0.2) is 4.98 Å². The van der Waals surface area contributed by atoms with Crippen molar-refractivity contribution in [1.29, 1.82) is 0 Å². The summed E-state index contributed by atoms with van der Waals surface area (Å²) in [6.45, 7) is 1.16. The van der Waals surface area contributed by atoms with E-state index in [0.29, 0.717) is 30.4 Å². The summed E-state index contributed by atoms with van der Waals surface area (Å²) in [6.07, 6.45) is 2.42. The van der Waals surface area contributed by atoms with Gasteiger partial charge in [-0.05, 0) is 17.5 Å². The summed E-state index contributed by atoms with van der Waals surface area (Å²) >= 11 is 1.55. The molecule has 1 atom stereocenters. The standard InChI is InChI=1S/C17H15N3O3S/c21-17(13-10-14(23-19-13)15-4-3-9-24-15)20-8-6-12(11-20)22-16-5-1-2-7-18-16/h1-5,7,9-10,12H,6,8,11H2/t12-/m1/s1. The fourth-order valence-electron chi connectivity index (χ4n) is 2.67. The zero-order valence-corrected chi connectivity index (χ0v) is 13.6. The molecule has 0 N–H and O–H groups in total. The molecule has 3 aromatic rings. The lowest BCUT2D eigenvalue weighted by atomic mass is 10.3. The lowest BCUT2D eigenvalue weighted by molar-refractivity contribution is 0.0761. The summed E-state index contributed by atoms with van der Waals surface area (Å²) in [5.41, 5.74) is 0.330. The number of carbonyl (C=O) groups is 1. The smallest absolute Gasteiger partial charge is 0.276 e. The number of nitrogens with zero attached hydrogens (tertiary/aromatic N) is 3. The van der Waals surface area contributed by atoms with Gasteiger partial charge in [-0.15, -0.1) is 11.3 Å². The van der Waals surface area contributed by atoms with Gasteiger partial charge in [0.1, 0.15) is 6.10 Å². The number of rotatable bonds is 4. The van der Waals surface area contributed by atoms with Crippen LogP contribution in [0.2, 0.25) is 0 Å². The number of thiophene rings is 1. The first-order valence-electron chi connectivity index (χ1n) is 7.67. The van der Waals surface area contributed by atoms with E-state index in [1.807, 2.05) is 35.7 Å². The van der Waals surface area contributed by atoms with E-state index in [-0.39, 0.29) is 12.0 Å². The van der Waals surface area contributed by atoms with E-state index in [0.717, 1.165) is 11.3 Å². The molecule has 1 amide bonds. The van der Waals surface area contributed by atoms with Crippen LogP contribution >= 0.6 is 11.3 Å². The van der Waals surface area contributed by atoms with Crippen LogP contribution in [-0.4, -0.2) is 40.1 Å². The molecule has 0 bridgehead atoms. The van der Waals surface area contributed by atoms with Crippen LogP contribution in [-0.2, 0) is 0 Å². The summed E-state index contributed by atoms with van der Waals surface area (Å²) in [5.74, 6) is 1.07. The zero-order chi connectivity index (χ0) is 16.4. The number of pyridine rings is 1. The Morgan fingerprint density at radius 3 is 3.08 bits per heavy atom. The second-order valence-corrected chi connectivity index (χ2v) is 6.45. The number of hydrogen-bond acceptors (Lipinski definition) is 6. The van der Waals surface area contributed by atoms with Crippen molar-refractivity contribution < 1.29 is 14.1 Å². The van der Waals surface area contributed by atoms with E-state index in [1.54, 1.807) is 28.5 Å². The average molecular weight is 341 g/mol. The highest BCUT2D eigenvalue weighted by molar-refractivity contribution is 7.13. The minimum Gasteiger partial charge on any atom is -0.472 e. The van der Waals surface area contributed by atoms with Crippen molar-refractivity contribution in [1.82, 2.24) is 15.0 Å². The predicted molar refractivity (Wildman–Crippen MR) is 89.0 cm³/mol. The molecule has 4 rings (SSSR count). The van der Waals surface area contributed by atoms with E-state index in [4.69, 9.17) is 9.26 Å². The molecule has 0 spiro atoms. The van der Waals surface area contributed by atoms with Crippen LogP contribution in [0.1, 0.15) is 16.9 Å². The lowest BCUT2D eigenvalue weighted by Crippen LogP contribution is -2.31. The fourth-order valence-corrected chi connectivity index (χ4v) is 3.34. The quantitative estimate of drug-likeness (QED) is 0.729. The third kappa shape index (κ3) is 3.03. The molecule has 1 aliphatic heterocycles. The third-order valence-corrected chi connectivity index (χ3v) is 4.74. The van der Waals surface area contributed by atoms with Gasteiger partial charge in [0.15, 0.2) is 11.5 Å². The molecule has 4 heterocycles. The van der Waals surface area contributed by atoms with Gasteiger partial charge in [0.05, 0.1) is 11.4 Å². The Bertz CT molecular complexity index is 817. The van der Waals surface area contributed by atoms with Gasteiger partial charge in [0.25, 0.3) is 5.91 Å². The van der Waals surface area contributed by atoms with Crippen LogP contribution in [0.5, 0.6) is 5.88 Å². The number of ether oxygens (including phenoxy) is 1. The monoisotopic (exact) mass is 341 g/mol. The Hall–Kier alpha value is -2.67. The molecule has 0 saturated carbocycles. The molecule has 0 aromatic carbocycles. The van der Waals surface area contributed by atoms with Gasteiger partial charge in [-0.1, -0.05) is 17.3 Å². The highest BCUT2D eigenvalue weighted by Crippen LogP contribution is 2.26. The Morgan fingerprint density at radius 2 is 2.29 bits per heavy atom. The Kier molecular flexibility index (Phi) is 4.00. The minimum atomic E-state index is -0.131. The van der Waals surface area contributed by atoms with Gasteiger partial charge in [-0.2, -0.15) is 0 Å². The first-order chi connectivity index (χ1) is 11.8. The van der Waals surface area contributed by atoms with Crippen molar-refractivity contribution >= 4 is 17.2 Å². The Labute approximate surface area is 142 Å². The maximum absolute atomic E-state index is 12.6. The van der Waals surface area contributed by atoms with Crippen LogP contribution in [0, 0.1) is 0 Å².